The molecule has 0 aliphatic heterocycles. The molecule has 2 N–H and O–H groups in total. The highest BCUT2D eigenvalue weighted by Gasteiger charge is 1.99. The first-order valence-electron chi connectivity index (χ1n) is 6.58. The minimum Gasteiger partial charge on any atom is -0.377 e. The van der Waals surface area contributed by atoms with E-state index in [0.717, 1.165) is 30.1 Å². The van der Waals surface area contributed by atoms with Crippen molar-refractivity contribution in [1.82, 2.24) is 0 Å². The number of rotatable bonds is 6. The summed E-state index contributed by atoms with van der Waals surface area (Å²) in [6.45, 7) is 6.31. The standard InChI is InChI=1S/C16H23NO/c1-14(2)7-6-12-18-13-16-9-4-3-8-15(16)10-5-11-17/h3-4,8-9,14H,6-7,11-13,17H2,1-2H3. The van der Waals surface area contributed by atoms with E-state index in [2.05, 4.69) is 31.8 Å². The first-order valence-corrected chi connectivity index (χ1v) is 6.58. The predicted molar refractivity (Wildman–Crippen MR) is 76.1 cm³/mol. The fraction of sp³-hybridized carbons (Fsp3) is 0.500. The third-order valence-corrected chi connectivity index (χ3v) is 2.67. The molecule has 0 saturated carbocycles. The molecule has 0 spiro atoms. The van der Waals surface area contributed by atoms with Crippen LogP contribution in [0.2, 0.25) is 0 Å². The van der Waals surface area contributed by atoms with Crippen LogP contribution in [-0.4, -0.2) is 13.2 Å². The van der Waals surface area contributed by atoms with Gasteiger partial charge in [-0.05, 0) is 30.4 Å². The van der Waals surface area contributed by atoms with Crippen molar-refractivity contribution < 1.29 is 4.74 Å². The summed E-state index contributed by atoms with van der Waals surface area (Å²) in [5.41, 5.74) is 7.55. The third-order valence-electron chi connectivity index (χ3n) is 2.67. The maximum Gasteiger partial charge on any atom is 0.0728 e. The number of hydrogen-bond acceptors (Lipinski definition) is 2. The molecule has 0 amide bonds. The summed E-state index contributed by atoms with van der Waals surface area (Å²) in [7, 11) is 0. The summed E-state index contributed by atoms with van der Waals surface area (Å²) >= 11 is 0. The van der Waals surface area contributed by atoms with Crippen LogP contribution in [0, 0.1) is 17.8 Å². The van der Waals surface area contributed by atoms with Crippen LogP contribution in [0.1, 0.15) is 37.8 Å². The molecule has 1 rings (SSSR count). The Bertz CT molecular complexity index is 401. The molecule has 0 unspecified atom stereocenters. The minimum absolute atomic E-state index is 0.392. The second kappa shape index (κ2) is 8.74. The molecule has 0 aliphatic carbocycles. The van der Waals surface area contributed by atoms with E-state index >= 15 is 0 Å². The highest BCUT2D eigenvalue weighted by atomic mass is 16.5. The van der Waals surface area contributed by atoms with Gasteiger partial charge in [0.15, 0.2) is 0 Å². The zero-order chi connectivity index (χ0) is 13.2. The first-order chi connectivity index (χ1) is 8.74. The zero-order valence-electron chi connectivity index (χ0n) is 11.4. The Balaban J connectivity index is 2.42. The Hall–Kier alpha value is -1.30. The van der Waals surface area contributed by atoms with Gasteiger partial charge in [-0.1, -0.05) is 43.9 Å². The molecule has 0 fully saturated rings. The van der Waals surface area contributed by atoms with Gasteiger partial charge in [-0.2, -0.15) is 0 Å². The fourth-order valence-corrected chi connectivity index (χ4v) is 1.69. The quantitative estimate of drug-likeness (QED) is 0.618. The summed E-state index contributed by atoms with van der Waals surface area (Å²) in [5, 5.41) is 0. The van der Waals surface area contributed by atoms with Crippen LogP contribution >= 0.6 is 0 Å². The van der Waals surface area contributed by atoms with Crippen LogP contribution in [0.15, 0.2) is 24.3 Å². The zero-order valence-corrected chi connectivity index (χ0v) is 11.4. The molecule has 0 aliphatic rings. The van der Waals surface area contributed by atoms with Crippen molar-refractivity contribution in [2.45, 2.75) is 33.3 Å². The van der Waals surface area contributed by atoms with Gasteiger partial charge < -0.3 is 10.5 Å². The SMILES string of the molecule is CC(C)CCCOCc1ccccc1C#CCN. The van der Waals surface area contributed by atoms with Crippen molar-refractivity contribution >= 4 is 0 Å². The Morgan fingerprint density at radius 2 is 2.06 bits per heavy atom. The predicted octanol–water partition coefficient (Wildman–Crippen LogP) is 2.95. The highest BCUT2D eigenvalue weighted by molar-refractivity contribution is 5.41. The van der Waals surface area contributed by atoms with Crippen LogP contribution in [0.25, 0.3) is 0 Å². The van der Waals surface area contributed by atoms with Crippen LogP contribution in [-0.2, 0) is 11.3 Å². The molecule has 98 valence electrons. The average molecular weight is 245 g/mol. The molecule has 0 heterocycles. The average Bonchev–Trinajstić information content (AvgIpc) is 2.36. The van der Waals surface area contributed by atoms with Crippen molar-refractivity contribution in [3.8, 4) is 11.8 Å². The Morgan fingerprint density at radius 1 is 1.28 bits per heavy atom. The lowest BCUT2D eigenvalue weighted by atomic mass is 10.1. The molecular weight excluding hydrogens is 222 g/mol. The number of benzene rings is 1. The molecule has 0 atom stereocenters. The molecule has 2 heteroatoms. The van der Waals surface area contributed by atoms with Crippen molar-refractivity contribution in [2.24, 2.45) is 11.7 Å². The molecule has 0 bridgehead atoms. The van der Waals surface area contributed by atoms with E-state index in [1.165, 1.54) is 6.42 Å². The monoisotopic (exact) mass is 245 g/mol. The summed E-state index contributed by atoms with van der Waals surface area (Å²) in [5.74, 6) is 6.71. The van der Waals surface area contributed by atoms with Crippen molar-refractivity contribution in [1.29, 1.82) is 0 Å². The fourth-order valence-electron chi connectivity index (χ4n) is 1.69. The molecule has 2 nitrogen and oxygen atoms in total. The number of nitrogens with two attached hydrogens (primary N) is 1. The van der Waals surface area contributed by atoms with Gasteiger partial charge in [0.1, 0.15) is 0 Å². The van der Waals surface area contributed by atoms with Crippen LogP contribution in [0.3, 0.4) is 0 Å². The van der Waals surface area contributed by atoms with E-state index in [-0.39, 0.29) is 0 Å². The van der Waals surface area contributed by atoms with Crippen LogP contribution < -0.4 is 5.73 Å². The van der Waals surface area contributed by atoms with Gasteiger partial charge in [0, 0.05) is 12.2 Å². The van der Waals surface area contributed by atoms with Crippen molar-refractivity contribution in [3.05, 3.63) is 35.4 Å². The van der Waals surface area contributed by atoms with Gasteiger partial charge >= 0.3 is 0 Å². The lowest BCUT2D eigenvalue weighted by Gasteiger charge is -2.07. The molecule has 18 heavy (non-hydrogen) atoms. The lowest BCUT2D eigenvalue weighted by Crippen LogP contribution is -2.00. The van der Waals surface area contributed by atoms with Gasteiger partial charge in [-0.25, -0.2) is 0 Å². The van der Waals surface area contributed by atoms with E-state index in [4.69, 9.17) is 10.5 Å². The largest absolute Gasteiger partial charge is 0.377 e. The maximum absolute atomic E-state index is 5.69. The number of ether oxygens (including phenoxy) is 1. The van der Waals surface area contributed by atoms with Gasteiger partial charge in [0.2, 0.25) is 0 Å². The van der Waals surface area contributed by atoms with Crippen LogP contribution in [0.4, 0.5) is 0 Å². The Morgan fingerprint density at radius 3 is 2.78 bits per heavy atom. The Labute approximate surface area is 111 Å². The normalized spacial score (nSPS) is 10.2. The van der Waals surface area contributed by atoms with Crippen molar-refractivity contribution in [2.75, 3.05) is 13.2 Å². The van der Waals surface area contributed by atoms with E-state index in [0.29, 0.717) is 13.2 Å². The first kappa shape index (κ1) is 14.8. The second-order valence-electron chi connectivity index (χ2n) is 4.75. The van der Waals surface area contributed by atoms with Gasteiger partial charge in [0.05, 0.1) is 13.2 Å². The molecular formula is C16H23NO. The van der Waals surface area contributed by atoms with Gasteiger partial charge in [-0.3, -0.25) is 0 Å². The molecule has 0 saturated heterocycles. The van der Waals surface area contributed by atoms with E-state index in [1.807, 2.05) is 18.2 Å². The van der Waals surface area contributed by atoms with Gasteiger partial charge in [-0.15, -0.1) is 0 Å². The van der Waals surface area contributed by atoms with E-state index < -0.39 is 0 Å². The molecule has 0 aromatic heterocycles. The molecule has 1 aromatic rings. The smallest absolute Gasteiger partial charge is 0.0728 e. The summed E-state index contributed by atoms with van der Waals surface area (Å²) < 4.78 is 5.69. The van der Waals surface area contributed by atoms with Crippen LogP contribution in [0.5, 0.6) is 0 Å². The maximum atomic E-state index is 5.69. The highest BCUT2D eigenvalue weighted by Crippen LogP contribution is 2.10. The Kier molecular flexibility index (Phi) is 7.17. The third kappa shape index (κ3) is 5.86. The summed E-state index contributed by atoms with van der Waals surface area (Å²) in [6.07, 6.45) is 2.34. The number of hydrogen-bond donors (Lipinski definition) is 1. The summed E-state index contributed by atoms with van der Waals surface area (Å²) in [6, 6.07) is 8.07. The molecule has 0 radical (unpaired) electrons. The van der Waals surface area contributed by atoms with Gasteiger partial charge in [0.25, 0.3) is 0 Å². The second-order valence-corrected chi connectivity index (χ2v) is 4.75. The van der Waals surface area contributed by atoms with Crippen molar-refractivity contribution in [3.63, 3.8) is 0 Å². The minimum atomic E-state index is 0.392. The van der Waals surface area contributed by atoms with E-state index in [9.17, 15) is 0 Å². The molecule has 1 aromatic carbocycles. The lowest BCUT2D eigenvalue weighted by molar-refractivity contribution is 0.114. The summed E-state index contributed by atoms with van der Waals surface area (Å²) in [4.78, 5) is 0. The topological polar surface area (TPSA) is 35.2 Å². The van der Waals surface area contributed by atoms with E-state index in [1.54, 1.807) is 0 Å².